The highest BCUT2D eigenvalue weighted by molar-refractivity contribution is 6.31. The van der Waals surface area contributed by atoms with Crippen LogP contribution in [-0.2, 0) is 0 Å². The second kappa shape index (κ2) is 5.50. The average Bonchev–Trinajstić information content (AvgIpc) is 2.18. The van der Waals surface area contributed by atoms with Crippen LogP contribution in [-0.4, -0.2) is 17.3 Å². The van der Waals surface area contributed by atoms with Crippen molar-refractivity contribution in [3.63, 3.8) is 0 Å². The normalized spacial score (nSPS) is 17.1. The number of hydrogen-bond acceptors (Lipinski definition) is 2. The van der Waals surface area contributed by atoms with Gasteiger partial charge in [0.15, 0.2) is 0 Å². The maximum Gasteiger partial charge on any atom is 0.0662 e. The minimum absolute atomic E-state index is 0.0521. The third-order valence-corrected chi connectivity index (χ3v) is 2.95. The fraction of sp³-hybridized carbons (Fsp3) is 0.500. The van der Waals surface area contributed by atoms with Crippen molar-refractivity contribution in [1.29, 1.82) is 0 Å². The van der Waals surface area contributed by atoms with Gasteiger partial charge >= 0.3 is 0 Å². The fourth-order valence-electron chi connectivity index (χ4n) is 1.45. The van der Waals surface area contributed by atoms with Crippen LogP contribution in [0, 0.1) is 0 Å². The van der Waals surface area contributed by atoms with E-state index in [1.807, 2.05) is 38.1 Å². The van der Waals surface area contributed by atoms with Crippen LogP contribution < -0.4 is 5.32 Å². The Labute approximate surface area is 96.3 Å². The first-order valence-electron chi connectivity index (χ1n) is 5.21. The molecule has 0 saturated heterocycles. The Balaban J connectivity index is 2.69. The van der Waals surface area contributed by atoms with E-state index in [4.69, 9.17) is 11.6 Å². The third kappa shape index (κ3) is 3.49. The summed E-state index contributed by atoms with van der Waals surface area (Å²) in [5.41, 5.74) is 1.06. The number of nitrogens with one attached hydrogen (secondary N) is 1. The molecule has 1 rings (SSSR count). The third-order valence-electron chi connectivity index (χ3n) is 2.61. The lowest BCUT2D eigenvalue weighted by molar-refractivity contribution is 0.147. The van der Waals surface area contributed by atoms with E-state index in [0.717, 1.165) is 10.6 Å². The van der Waals surface area contributed by atoms with Gasteiger partial charge in [-0.15, -0.1) is 0 Å². The van der Waals surface area contributed by atoms with Crippen molar-refractivity contribution in [1.82, 2.24) is 5.32 Å². The fourth-order valence-corrected chi connectivity index (χ4v) is 1.75. The quantitative estimate of drug-likeness (QED) is 0.829. The molecule has 3 atom stereocenters. The average molecular weight is 228 g/mol. The summed E-state index contributed by atoms with van der Waals surface area (Å²) in [6.07, 6.45) is -0.366. The molecule has 0 spiro atoms. The van der Waals surface area contributed by atoms with E-state index >= 15 is 0 Å². The highest BCUT2D eigenvalue weighted by Gasteiger charge is 2.14. The van der Waals surface area contributed by atoms with E-state index in [0.29, 0.717) is 0 Å². The lowest BCUT2D eigenvalue weighted by atomic mass is 10.1. The summed E-state index contributed by atoms with van der Waals surface area (Å²) in [7, 11) is 0. The standard InChI is InChI=1S/C12H18ClNO/c1-8(10(3)15)14-9(2)11-6-4-5-7-12(11)13/h4-10,14-15H,1-3H3/t8?,9-,10?/m0/s1. The largest absolute Gasteiger partial charge is 0.392 e. The maximum absolute atomic E-state index is 9.39. The highest BCUT2D eigenvalue weighted by Crippen LogP contribution is 2.22. The smallest absolute Gasteiger partial charge is 0.0662 e. The number of benzene rings is 1. The van der Waals surface area contributed by atoms with Crippen molar-refractivity contribution < 1.29 is 5.11 Å². The molecule has 1 aromatic carbocycles. The Hall–Kier alpha value is -0.570. The summed E-state index contributed by atoms with van der Waals surface area (Å²) in [4.78, 5) is 0. The van der Waals surface area contributed by atoms with E-state index in [1.54, 1.807) is 6.92 Å². The summed E-state index contributed by atoms with van der Waals surface area (Å²) >= 11 is 6.08. The van der Waals surface area contributed by atoms with Gasteiger partial charge in [0.25, 0.3) is 0 Å². The SMILES string of the molecule is CC(O)C(C)N[C@@H](C)c1ccccc1Cl. The Morgan fingerprint density at radius 2 is 1.80 bits per heavy atom. The van der Waals surface area contributed by atoms with Crippen molar-refractivity contribution >= 4 is 11.6 Å². The highest BCUT2D eigenvalue weighted by atomic mass is 35.5. The molecule has 0 aromatic heterocycles. The molecule has 84 valence electrons. The molecule has 2 nitrogen and oxygen atoms in total. The lowest BCUT2D eigenvalue weighted by Crippen LogP contribution is -2.37. The molecule has 0 aliphatic heterocycles. The van der Waals surface area contributed by atoms with Gasteiger partial charge in [-0.2, -0.15) is 0 Å². The molecule has 0 fully saturated rings. The van der Waals surface area contributed by atoms with E-state index < -0.39 is 0 Å². The van der Waals surface area contributed by atoms with Gasteiger partial charge in [0.2, 0.25) is 0 Å². The van der Waals surface area contributed by atoms with Crippen LogP contribution >= 0.6 is 11.6 Å². The first-order chi connectivity index (χ1) is 7.02. The molecule has 2 N–H and O–H groups in total. The zero-order valence-electron chi connectivity index (χ0n) is 9.37. The lowest BCUT2D eigenvalue weighted by Gasteiger charge is -2.23. The summed E-state index contributed by atoms with van der Waals surface area (Å²) in [5, 5.41) is 13.5. The number of rotatable bonds is 4. The molecule has 0 amide bonds. The summed E-state index contributed by atoms with van der Waals surface area (Å²) in [6, 6.07) is 7.94. The Bertz CT molecular complexity index is 314. The first-order valence-corrected chi connectivity index (χ1v) is 5.58. The molecule has 0 aliphatic carbocycles. The van der Waals surface area contributed by atoms with Gasteiger partial charge in [0.05, 0.1) is 6.10 Å². The minimum Gasteiger partial charge on any atom is -0.392 e. The van der Waals surface area contributed by atoms with Crippen molar-refractivity contribution in [3.8, 4) is 0 Å². The summed E-state index contributed by atoms with van der Waals surface area (Å²) < 4.78 is 0. The number of aliphatic hydroxyl groups excluding tert-OH is 1. The predicted molar refractivity (Wildman–Crippen MR) is 64.1 cm³/mol. The summed E-state index contributed by atoms with van der Waals surface area (Å²) in [6.45, 7) is 5.77. The Morgan fingerprint density at radius 3 is 2.33 bits per heavy atom. The van der Waals surface area contributed by atoms with Crippen LogP contribution in [0.25, 0.3) is 0 Å². The molecule has 0 bridgehead atoms. The van der Waals surface area contributed by atoms with Crippen molar-refractivity contribution in [2.75, 3.05) is 0 Å². The van der Waals surface area contributed by atoms with Crippen LogP contribution in [0.2, 0.25) is 5.02 Å². The van der Waals surface area contributed by atoms with Crippen LogP contribution in [0.15, 0.2) is 24.3 Å². The van der Waals surface area contributed by atoms with Gasteiger partial charge in [0.1, 0.15) is 0 Å². The molecular weight excluding hydrogens is 210 g/mol. The Morgan fingerprint density at radius 1 is 1.20 bits per heavy atom. The second-order valence-corrected chi connectivity index (χ2v) is 4.35. The first kappa shape index (κ1) is 12.5. The zero-order chi connectivity index (χ0) is 11.4. The number of hydrogen-bond donors (Lipinski definition) is 2. The predicted octanol–water partition coefficient (Wildman–Crippen LogP) is 2.76. The monoisotopic (exact) mass is 227 g/mol. The van der Waals surface area contributed by atoms with E-state index in [2.05, 4.69) is 5.32 Å². The van der Waals surface area contributed by atoms with Crippen LogP contribution in [0.5, 0.6) is 0 Å². The van der Waals surface area contributed by atoms with Gasteiger partial charge in [-0.05, 0) is 32.4 Å². The maximum atomic E-state index is 9.39. The molecule has 0 saturated carbocycles. The van der Waals surface area contributed by atoms with Crippen molar-refractivity contribution in [2.45, 2.75) is 39.0 Å². The van der Waals surface area contributed by atoms with Crippen molar-refractivity contribution in [2.24, 2.45) is 0 Å². The van der Waals surface area contributed by atoms with E-state index in [-0.39, 0.29) is 18.2 Å². The van der Waals surface area contributed by atoms with Crippen molar-refractivity contribution in [3.05, 3.63) is 34.9 Å². The molecule has 0 radical (unpaired) electrons. The molecule has 1 aromatic rings. The molecule has 0 aliphatic rings. The van der Waals surface area contributed by atoms with Crippen LogP contribution in [0.1, 0.15) is 32.4 Å². The van der Waals surface area contributed by atoms with Gasteiger partial charge < -0.3 is 10.4 Å². The second-order valence-electron chi connectivity index (χ2n) is 3.94. The zero-order valence-corrected chi connectivity index (χ0v) is 10.1. The number of aliphatic hydroxyl groups is 1. The van der Waals surface area contributed by atoms with Gasteiger partial charge in [-0.1, -0.05) is 29.8 Å². The van der Waals surface area contributed by atoms with E-state index in [9.17, 15) is 5.11 Å². The van der Waals surface area contributed by atoms with Gasteiger partial charge in [-0.3, -0.25) is 0 Å². The molecule has 2 unspecified atom stereocenters. The molecular formula is C12H18ClNO. The van der Waals surface area contributed by atoms with Gasteiger partial charge in [-0.25, -0.2) is 0 Å². The van der Waals surface area contributed by atoms with E-state index in [1.165, 1.54) is 0 Å². The molecule has 0 heterocycles. The number of halogens is 1. The molecule has 15 heavy (non-hydrogen) atoms. The van der Waals surface area contributed by atoms with Crippen LogP contribution in [0.4, 0.5) is 0 Å². The Kier molecular flexibility index (Phi) is 4.58. The van der Waals surface area contributed by atoms with Gasteiger partial charge in [0, 0.05) is 17.1 Å². The molecule has 3 heteroatoms. The summed E-state index contributed by atoms with van der Waals surface area (Å²) in [5.74, 6) is 0. The topological polar surface area (TPSA) is 32.3 Å². The minimum atomic E-state index is -0.366. The van der Waals surface area contributed by atoms with Crippen LogP contribution in [0.3, 0.4) is 0 Å².